The molecular formula is C15H19ClFN3O2. The molecular weight excluding hydrogens is 309 g/mol. The van der Waals surface area contributed by atoms with Crippen molar-refractivity contribution in [2.45, 2.75) is 12.8 Å². The number of carbonyl (C=O) groups excluding carboxylic acids is 2. The summed E-state index contributed by atoms with van der Waals surface area (Å²) in [7, 11) is 2.04. The van der Waals surface area contributed by atoms with Crippen LogP contribution in [0.4, 0.5) is 10.1 Å². The molecule has 120 valence electrons. The monoisotopic (exact) mass is 327 g/mol. The number of halogens is 2. The lowest BCUT2D eigenvalue weighted by molar-refractivity contribution is -0.136. The van der Waals surface area contributed by atoms with Gasteiger partial charge < -0.3 is 15.5 Å². The summed E-state index contributed by atoms with van der Waals surface area (Å²) in [6.45, 7) is 2.43. The van der Waals surface area contributed by atoms with Crippen molar-refractivity contribution >= 4 is 29.1 Å². The summed E-state index contributed by atoms with van der Waals surface area (Å²) in [5, 5.41) is 4.93. The Kier molecular flexibility index (Phi) is 5.74. The molecule has 0 aromatic heterocycles. The van der Waals surface area contributed by atoms with E-state index in [1.54, 1.807) is 0 Å². The average Bonchev–Trinajstić information content (AvgIpc) is 2.48. The van der Waals surface area contributed by atoms with Crippen LogP contribution in [0.5, 0.6) is 0 Å². The first-order chi connectivity index (χ1) is 10.5. The van der Waals surface area contributed by atoms with E-state index in [4.69, 9.17) is 11.6 Å². The molecule has 2 amide bonds. The van der Waals surface area contributed by atoms with Crippen molar-refractivity contribution in [3.8, 4) is 0 Å². The highest BCUT2D eigenvalue weighted by atomic mass is 35.5. The quantitative estimate of drug-likeness (QED) is 0.833. The minimum absolute atomic E-state index is 0.0381. The van der Waals surface area contributed by atoms with Gasteiger partial charge in [0.15, 0.2) is 0 Å². The second kappa shape index (κ2) is 7.56. The first-order valence-electron chi connectivity index (χ1n) is 7.18. The van der Waals surface area contributed by atoms with E-state index in [-0.39, 0.29) is 10.7 Å². The molecule has 2 rings (SSSR count). The largest absolute Gasteiger partial charge is 0.347 e. The molecule has 1 atom stereocenters. The van der Waals surface area contributed by atoms with Gasteiger partial charge in [0.2, 0.25) is 0 Å². The Morgan fingerprint density at radius 1 is 1.41 bits per heavy atom. The summed E-state index contributed by atoms with van der Waals surface area (Å²) in [5.74, 6) is -1.83. The van der Waals surface area contributed by atoms with Crippen molar-refractivity contribution in [3.05, 3.63) is 29.0 Å². The van der Waals surface area contributed by atoms with E-state index in [1.165, 1.54) is 12.1 Å². The van der Waals surface area contributed by atoms with Gasteiger partial charge in [-0.05, 0) is 50.6 Å². The fourth-order valence-electron chi connectivity index (χ4n) is 2.52. The van der Waals surface area contributed by atoms with Crippen LogP contribution in [0.15, 0.2) is 18.2 Å². The van der Waals surface area contributed by atoms with Crippen LogP contribution in [0, 0.1) is 11.7 Å². The highest BCUT2D eigenvalue weighted by Crippen LogP contribution is 2.18. The molecule has 1 fully saturated rings. The Bertz CT molecular complexity index is 568. The van der Waals surface area contributed by atoms with Gasteiger partial charge in [-0.25, -0.2) is 4.39 Å². The van der Waals surface area contributed by atoms with Crippen molar-refractivity contribution in [3.63, 3.8) is 0 Å². The van der Waals surface area contributed by atoms with E-state index in [2.05, 4.69) is 15.5 Å². The minimum Gasteiger partial charge on any atom is -0.347 e. The second-order valence-electron chi connectivity index (χ2n) is 5.56. The van der Waals surface area contributed by atoms with Crippen LogP contribution < -0.4 is 10.6 Å². The third-order valence-corrected chi connectivity index (χ3v) is 3.96. The Hall–Kier alpha value is -1.66. The summed E-state index contributed by atoms with van der Waals surface area (Å²) in [5.41, 5.74) is 0.194. The molecule has 1 aromatic rings. The van der Waals surface area contributed by atoms with Crippen molar-refractivity contribution in [2.75, 3.05) is 32.0 Å². The van der Waals surface area contributed by atoms with E-state index in [0.29, 0.717) is 12.5 Å². The Balaban J connectivity index is 1.81. The number of rotatable bonds is 3. The maximum atomic E-state index is 13.3. The topological polar surface area (TPSA) is 61.4 Å². The van der Waals surface area contributed by atoms with E-state index >= 15 is 0 Å². The van der Waals surface area contributed by atoms with Crippen molar-refractivity contribution in [1.29, 1.82) is 0 Å². The lowest BCUT2D eigenvalue weighted by atomic mass is 9.98. The summed E-state index contributed by atoms with van der Waals surface area (Å²) < 4.78 is 13.3. The second-order valence-corrected chi connectivity index (χ2v) is 5.97. The predicted octanol–water partition coefficient (Wildman–Crippen LogP) is 1.88. The van der Waals surface area contributed by atoms with Gasteiger partial charge in [0.1, 0.15) is 5.82 Å². The molecule has 1 saturated heterocycles. The summed E-state index contributed by atoms with van der Waals surface area (Å²) in [6.07, 6.45) is 2.13. The van der Waals surface area contributed by atoms with E-state index in [1.807, 2.05) is 7.05 Å². The lowest BCUT2D eigenvalue weighted by Gasteiger charge is -2.29. The number of nitrogens with one attached hydrogen (secondary N) is 2. The zero-order valence-corrected chi connectivity index (χ0v) is 13.1. The van der Waals surface area contributed by atoms with Gasteiger partial charge in [0.05, 0.1) is 5.02 Å². The standard InChI is InChI=1S/C15H19ClFN3O2/c1-20-6-2-3-10(9-20)8-18-14(21)15(22)19-11-4-5-12(16)13(17)7-11/h4-5,7,10H,2-3,6,8-9H2,1H3,(H,18,21)(H,19,22). The molecule has 1 aromatic carbocycles. The molecule has 0 spiro atoms. The molecule has 0 saturated carbocycles. The maximum Gasteiger partial charge on any atom is 0.313 e. The fraction of sp³-hybridized carbons (Fsp3) is 0.467. The van der Waals surface area contributed by atoms with Crippen LogP contribution in [0.25, 0.3) is 0 Å². The Labute approximate surface area is 133 Å². The highest BCUT2D eigenvalue weighted by molar-refractivity contribution is 6.39. The molecule has 22 heavy (non-hydrogen) atoms. The SMILES string of the molecule is CN1CCCC(CNC(=O)C(=O)Nc2ccc(Cl)c(F)c2)C1. The molecule has 2 N–H and O–H groups in total. The summed E-state index contributed by atoms with van der Waals surface area (Å²) in [4.78, 5) is 25.7. The van der Waals surface area contributed by atoms with Crippen LogP contribution >= 0.6 is 11.6 Å². The number of hydrogen-bond acceptors (Lipinski definition) is 3. The van der Waals surface area contributed by atoms with Gasteiger partial charge in [0.25, 0.3) is 0 Å². The van der Waals surface area contributed by atoms with E-state index in [9.17, 15) is 14.0 Å². The van der Waals surface area contributed by atoms with Gasteiger partial charge in [-0.3, -0.25) is 9.59 Å². The zero-order valence-electron chi connectivity index (χ0n) is 12.4. The van der Waals surface area contributed by atoms with Crippen LogP contribution in [-0.2, 0) is 9.59 Å². The van der Waals surface area contributed by atoms with Crippen LogP contribution in [0.1, 0.15) is 12.8 Å². The molecule has 1 unspecified atom stereocenters. The summed E-state index contributed by atoms with van der Waals surface area (Å²) in [6, 6.07) is 3.83. The number of likely N-dealkylation sites (tertiary alicyclic amines) is 1. The molecule has 1 heterocycles. The van der Waals surface area contributed by atoms with Crippen LogP contribution in [0.2, 0.25) is 5.02 Å². The van der Waals surface area contributed by atoms with Gasteiger partial charge in [-0.15, -0.1) is 0 Å². The predicted molar refractivity (Wildman–Crippen MR) is 83.3 cm³/mol. The molecule has 0 radical (unpaired) electrons. The van der Waals surface area contributed by atoms with Gasteiger partial charge in [-0.2, -0.15) is 0 Å². The van der Waals surface area contributed by atoms with Crippen LogP contribution in [0.3, 0.4) is 0 Å². The first kappa shape index (κ1) is 16.7. The number of benzene rings is 1. The molecule has 1 aliphatic heterocycles. The van der Waals surface area contributed by atoms with E-state index in [0.717, 1.165) is 32.0 Å². The molecule has 5 nitrogen and oxygen atoms in total. The molecule has 0 bridgehead atoms. The molecule has 7 heteroatoms. The van der Waals surface area contributed by atoms with Crippen molar-refractivity contribution < 1.29 is 14.0 Å². The highest BCUT2D eigenvalue weighted by Gasteiger charge is 2.20. The number of amides is 2. The third kappa shape index (κ3) is 4.68. The zero-order chi connectivity index (χ0) is 16.1. The van der Waals surface area contributed by atoms with Gasteiger partial charge in [-0.1, -0.05) is 11.6 Å². The maximum absolute atomic E-state index is 13.3. The smallest absolute Gasteiger partial charge is 0.313 e. The Morgan fingerprint density at radius 2 is 2.18 bits per heavy atom. The molecule has 0 aliphatic carbocycles. The lowest BCUT2D eigenvalue weighted by Crippen LogP contribution is -2.42. The summed E-state index contributed by atoms with van der Waals surface area (Å²) >= 11 is 5.56. The van der Waals surface area contributed by atoms with E-state index < -0.39 is 17.6 Å². The van der Waals surface area contributed by atoms with Crippen LogP contribution in [-0.4, -0.2) is 43.4 Å². The number of hydrogen-bond donors (Lipinski definition) is 2. The normalized spacial score (nSPS) is 18.8. The van der Waals surface area contributed by atoms with Gasteiger partial charge in [0, 0.05) is 18.8 Å². The molecule has 1 aliphatic rings. The first-order valence-corrected chi connectivity index (χ1v) is 7.56. The number of piperidine rings is 1. The number of anilines is 1. The third-order valence-electron chi connectivity index (χ3n) is 3.66. The van der Waals surface area contributed by atoms with Crippen molar-refractivity contribution in [1.82, 2.24) is 10.2 Å². The fourth-order valence-corrected chi connectivity index (χ4v) is 2.64. The number of carbonyl (C=O) groups is 2. The van der Waals surface area contributed by atoms with Crippen molar-refractivity contribution in [2.24, 2.45) is 5.92 Å². The Morgan fingerprint density at radius 3 is 2.86 bits per heavy atom. The average molecular weight is 328 g/mol. The van der Waals surface area contributed by atoms with Gasteiger partial charge >= 0.3 is 11.8 Å². The minimum atomic E-state index is -0.814. The number of nitrogens with zero attached hydrogens (tertiary/aromatic N) is 1.